The fourth-order valence-electron chi connectivity index (χ4n) is 1.80. The fourth-order valence-corrected chi connectivity index (χ4v) is 1.80. The molecular weight excluding hydrogens is 286 g/mol. The Kier molecular flexibility index (Phi) is 4.47. The molecule has 0 saturated carbocycles. The van der Waals surface area contributed by atoms with Gasteiger partial charge in [-0.15, -0.1) is 0 Å². The second-order valence-corrected chi connectivity index (χ2v) is 4.44. The number of carbonyl (C=O) groups is 1. The number of para-hydroxylation sites is 1. The fraction of sp³-hybridized carbons (Fsp3) is 0.0667. The number of rotatable bonds is 4. The number of nitro groups is 1. The highest BCUT2D eigenvalue weighted by atomic mass is 16.6. The van der Waals surface area contributed by atoms with Gasteiger partial charge in [0.15, 0.2) is 0 Å². The number of anilines is 1. The van der Waals surface area contributed by atoms with Gasteiger partial charge < -0.3 is 10.4 Å². The molecule has 0 saturated heterocycles. The summed E-state index contributed by atoms with van der Waals surface area (Å²) in [5.41, 5.74) is 0.718. The van der Waals surface area contributed by atoms with Crippen molar-refractivity contribution in [1.29, 1.82) is 0 Å². The summed E-state index contributed by atoms with van der Waals surface area (Å²) >= 11 is 0. The van der Waals surface area contributed by atoms with Crippen molar-refractivity contribution in [2.45, 2.75) is 6.92 Å². The zero-order valence-corrected chi connectivity index (χ0v) is 11.6. The Balaban J connectivity index is 2.27. The van der Waals surface area contributed by atoms with E-state index in [9.17, 15) is 20.0 Å². The summed E-state index contributed by atoms with van der Waals surface area (Å²) in [6.45, 7) is 1.39. The molecule has 0 aromatic heterocycles. The van der Waals surface area contributed by atoms with Crippen LogP contribution in [0, 0.1) is 10.1 Å². The van der Waals surface area contributed by atoms with Crippen LogP contribution in [0.15, 0.2) is 47.5 Å². The van der Waals surface area contributed by atoms with Crippen LogP contribution in [-0.4, -0.2) is 17.0 Å². The van der Waals surface area contributed by atoms with Crippen molar-refractivity contribution in [3.05, 3.63) is 58.1 Å². The van der Waals surface area contributed by atoms with E-state index in [4.69, 9.17) is 0 Å². The second kappa shape index (κ2) is 6.49. The molecule has 22 heavy (non-hydrogen) atoms. The van der Waals surface area contributed by atoms with Gasteiger partial charge in [0.05, 0.1) is 10.6 Å². The molecule has 112 valence electrons. The summed E-state index contributed by atoms with van der Waals surface area (Å²) in [7, 11) is 0. The number of carbonyl (C=O) groups excluding carboxylic acids is 1. The van der Waals surface area contributed by atoms with Crippen LogP contribution < -0.4 is 10.4 Å². The standard InChI is InChI=1S/C15H13N3O4/c1-10(19)17-13-6-3-5-12(8-13)16-9-11-4-2-7-14(15(11)20)18(21)22/h2-9,20H,1H3,(H,17,19)/p-1. The van der Waals surface area contributed by atoms with Crippen LogP contribution >= 0.6 is 0 Å². The average Bonchev–Trinajstić information content (AvgIpc) is 2.45. The first-order valence-electron chi connectivity index (χ1n) is 6.33. The quantitative estimate of drug-likeness (QED) is 0.531. The summed E-state index contributed by atoms with van der Waals surface area (Å²) in [4.78, 5) is 25.1. The molecular formula is C15H12N3O4-. The highest BCUT2D eigenvalue weighted by molar-refractivity contribution is 5.90. The molecule has 0 aliphatic heterocycles. The third kappa shape index (κ3) is 3.66. The van der Waals surface area contributed by atoms with Crippen molar-refractivity contribution in [3.63, 3.8) is 0 Å². The summed E-state index contributed by atoms with van der Waals surface area (Å²) in [6, 6.07) is 10.7. The normalized spacial score (nSPS) is 10.6. The molecule has 0 spiro atoms. The molecule has 2 aromatic carbocycles. The summed E-state index contributed by atoms with van der Waals surface area (Å²) in [5, 5.41) is 25.2. The molecule has 0 atom stereocenters. The minimum atomic E-state index is -0.725. The lowest BCUT2D eigenvalue weighted by Gasteiger charge is -2.09. The number of hydrogen-bond donors (Lipinski definition) is 1. The van der Waals surface area contributed by atoms with Gasteiger partial charge in [0.2, 0.25) is 5.91 Å². The van der Waals surface area contributed by atoms with E-state index < -0.39 is 16.4 Å². The van der Waals surface area contributed by atoms with Crippen LogP contribution in [0.4, 0.5) is 17.1 Å². The molecule has 0 fully saturated rings. The maximum atomic E-state index is 11.9. The van der Waals surface area contributed by atoms with Gasteiger partial charge in [0, 0.05) is 24.9 Å². The van der Waals surface area contributed by atoms with E-state index in [0.29, 0.717) is 11.4 Å². The number of nitrogens with one attached hydrogen (secondary N) is 1. The summed E-state index contributed by atoms with van der Waals surface area (Å²) < 4.78 is 0. The summed E-state index contributed by atoms with van der Waals surface area (Å²) in [6.07, 6.45) is 1.27. The van der Waals surface area contributed by atoms with E-state index in [1.54, 1.807) is 24.3 Å². The third-order valence-electron chi connectivity index (χ3n) is 2.74. The van der Waals surface area contributed by atoms with Gasteiger partial charge in [-0.25, -0.2) is 0 Å². The monoisotopic (exact) mass is 298 g/mol. The van der Waals surface area contributed by atoms with E-state index in [1.807, 2.05) is 0 Å². The summed E-state index contributed by atoms with van der Waals surface area (Å²) in [5.74, 6) is -0.893. The lowest BCUT2D eigenvalue weighted by molar-refractivity contribution is -0.398. The first kappa shape index (κ1) is 15.2. The first-order valence-corrected chi connectivity index (χ1v) is 6.33. The zero-order valence-electron chi connectivity index (χ0n) is 11.6. The molecule has 0 aliphatic rings. The number of benzene rings is 2. The van der Waals surface area contributed by atoms with E-state index in [0.717, 1.165) is 6.07 Å². The Hall–Kier alpha value is -3.22. The van der Waals surface area contributed by atoms with E-state index >= 15 is 0 Å². The Labute approximate surface area is 126 Å². The lowest BCUT2D eigenvalue weighted by atomic mass is 10.2. The van der Waals surface area contributed by atoms with Crippen LogP contribution in [0.3, 0.4) is 0 Å². The van der Waals surface area contributed by atoms with Crippen LogP contribution in [0.25, 0.3) is 0 Å². The first-order chi connectivity index (χ1) is 10.5. The van der Waals surface area contributed by atoms with Gasteiger partial charge in [0.25, 0.3) is 5.69 Å². The number of aliphatic imine (C=N–C) groups is 1. The Morgan fingerprint density at radius 3 is 2.68 bits per heavy atom. The molecule has 7 nitrogen and oxygen atoms in total. The van der Waals surface area contributed by atoms with Gasteiger partial charge in [-0.3, -0.25) is 19.9 Å². The molecule has 0 radical (unpaired) electrons. The SMILES string of the molecule is CC(=O)Nc1cccc(N=Cc2cccc([N+](=O)[O-])c2[O-])c1. The highest BCUT2D eigenvalue weighted by Gasteiger charge is 2.07. The van der Waals surface area contributed by atoms with Gasteiger partial charge in [-0.2, -0.15) is 0 Å². The van der Waals surface area contributed by atoms with E-state index in [-0.39, 0.29) is 11.5 Å². The number of amides is 1. The van der Waals surface area contributed by atoms with Crippen LogP contribution in [0.2, 0.25) is 0 Å². The number of nitrogens with zero attached hydrogens (tertiary/aromatic N) is 2. The molecule has 0 bridgehead atoms. The minimum absolute atomic E-state index is 0.124. The zero-order chi connectivity index (χ0) is 16.1. The molecule has 2 rings (SSSR count). The Morgan fingerprint density at radius 2 is 2.00 bits per heavy atom. The van der Waals surface area contributed by atoms with Crippen molar-refractivity contribution in [3.8, 4) is 5.75 Å². The average molecular weight is 298 g/mol. The Morgan fingerprint density at radius 1 is 1.27 bits per heavy atom. The largest absolute Gasteiger partial charge is 0.867 e. The van der Waals surface area contributed by atoms with E-state index in [2.05, 4.69) is 10.3 Å². The van der Waals surface area contributed by atoms with Crippen LogP contribution in [0.5, 0.6) is 5.75 Å². The second-order valence-electron chi connectivity index (χ2n) is 4.44. The maximum Gasteiger partial charge on any atom is 0.262 e. The minimum Gasteiger partial charge on any atom is -0.867 e. The van der Waals surface area contributed by atoms with Gasteiger partial charge >= 0.3 is 0 Å². The van der Waals surface area contributed by atoms with Crippen LogP contribution in [-0.2, 0) is 4.79 Å². The van der Waals surface area contributed by atoms with Crippen molar-refractivity contribution in [1.82, 2.24) is 0 Å². The molecule has 2 aromatic rings. The van der Waals surface area contributed by atoms with Gasteiger partial charge in [-0.1, -0.05) is 18.2 Å². The predicted molar refractivity (Wildman–Crippen MR) is 80.5 cm³/mol. The molecule has 7 heteroatoms. The van der Waals surface area contributed by atoms with Crippen LogP contribution in [0.1, 0.15) is 12.5 Å². The number of nitro benzene ring substituents is 1. The maximum absolute atomic E-state index is 11.9. The molecule has 1 amide bonds. The van der Waals surface area contributed by atoms with Crippen molar-refractivity contribution < 1.29 is 14.8 Å². The molecule has 0 aliphatic carbocycles. The topological polar surface area (TPSA) is 108 Å². The smallest absolute Gasteiger partial charge is 0.262 e. The number of hydrogen-bond acceptors (Lipinski definition) is 5. The predicted octanol–water partition coefficient (Wildman–Crippen LogP) is 2.38. The van der Waals surface area contributed by atoms with E-state index in [1.165, 1.54) is 25.3 Å². The van der Waals surface area contributed by atoms with Gasteiger partial charge in [0.1, 0.15) is 0 Å². The van der Waals surface area contributed by atoms with Crippen molar-refractivity contribution in [2.24, 2.45) is 4.99 Å². The highest BCUT2D eigenvalue weighted by Crippen LogP contribution is 2.26. The Bertz CT molecular complexity index is 756. The van der Waals surface area contributed by atoms with Crippen molar-refractivity contribution in [2.75, 3.05) is 5.32 Å². The van der Waals surface area contributed by atoms with Gasteiger partial charge in [-0.05, 0) is 29.5 Å². The molecule has 1 N–H and O–H groups in total. The lowest BCUT2D eigenvalue weighted by Crippen LogP contribution is -2.05. The molecule has 0 heterocycles. The van der Waals surface area contributed by atoms with Crippen molar-refractivity contribution >= 4 is 29.2 Å². The third-order valence-corrected chi connectivity index (χ3v) is 2.74. The molecule has 0 unspecified atom stereocenters.